The number of rotatable bonds is 14. The molecule has 0 saturated heterocycles. The van der Waals surface area contributed by atoms with Gasteiger partial charge in [-0.2, -0.15) is 0 Å². The number of hydrogen-bond donors (Lipinski definition) is 1. The van der Waals surface area contributed by atoms with Crippen LogP contribution < -0.4 is 10.1 Å². The lowest BCUT2D eigenvalue weighted by molar-refractivity contribution is -0.140. The number of nitrogens with zero attached hydrogens (tertiary/aromatic N) is 1. The van der Waals surface area contributed by atoms with Crippen molar-refractivity contribution in [1.29, 1.82) is 0 Å². The van der Waals surface area contributed by atoms with Crippen molar-refractivity contribution in [3.63, 3.8) is 0 Å². The van der Waals surface area contributed by atoms with Crippen molar-refractivity contribution in [2.75, 3.05) is 20.3 Å². The monoisotopic (exact) mass is 536 g/mol. The Bertz CT molecular complexity index is 1130. The highest BCUT2D eigenvalue weighted by Gasteiger charge is 2.30. The van der Waals surface area contributed by atoms with E-state index in [-0.39, 0.29) is 30.9 Å². The largest absolute Gasteiger partial charge is 0.497 e. The van der Waals surface area contributed by atoms with Crippen LogP contribution in [0.15, 0.2) is 78.9 Å². The highest BCUT2D eigenvalue weighted by molar-refractivity contribution is 6.30. The van der Waals surface area contributed by atoms with Gasteiger partial charge in [-0.15, -0.1) is 0 Å². The minimum absolute atomic E-state index is 0.137. The smallest absolute Gasteiger partial charge is 0.243 e. The molecule has 202 valence electrons. The molecule has 0 heterocycles. The van der Waals surface area contributed by atoms with Gasteiger partial charge in [-0.25, -0.2) is 0 Å². The molecule has 1 N–H and O–H groups in total. The van der Waals surface area contributed by atoms with Crippen LogP contribution in [0.2, 0.25) is 5.02 Å². The molecule has 0 unspecified atom stereocenters. The topological polar surface area (TPSA) is 67.9 Å². The van der Waals surface area contributed by atoms with Crippen LogP contribution in [0.5, 0.6) is 5.75 Å². The first kappa shape index (κ1) is 29.2. The maximum atomic E-state index is 13.8. The summed E-state index contributed by atoms with van der Waals surface area (Å²) in [4.78, 5) is 29.1. The lowest BCUT2D eigenvalue weighted by atomic mass is 10.0. The van der Waals surface area contributed by atoms with Gasteiger partial charge in [0.25, 0.3) is 0 Å². The fraction of sp³-hybridized carbons (Fsp3) is 0.355. The quantitative estimate of drug-likeness (QED) is 0.278. The normalized spacial score (nSPS) is 11.7. The van der Waals surface area contributed by atoms with Gasteiger partial charge in [0.05, 0.1) is 19.6 Å². The third-order valence-electron chi connectivity index (χ3n) is 6.12. The van der Waals surface area contributed by atoms with Gasteiger partial charge in [0.2, 0.25) is 11.8 Å². The molecule has 3 aromatic rings. The zero-order valence-electron chi connectivity index (χ0n) is 22.4. The SMILES string of the molecule is COc1ccc(CN(C(=O)Cc2ccc(Cl)cc2)[C@@H](Cc2ccccc2)C(=O)NCCCOC(C)C)cc1. The van der Waals surface area contributed by atoms with Gasteiger partial charge < -0.3 is 19.7 Å². The number of amides is 2. The molecule has 0 aliphatic heterocycles. The second-order valence-electron chi connectivity index (χ2n) is 9.44. The van der Waals surface area contributed by atoms with E-state index in [1.165, 1.54) is 0 Å². The Morgan fingerprint density at radius 3 is 2.18 bits per heavy atom. The summed E-state index contributed by atoms with van der Waals surface area (Å²) < 4.78 is 10.9. The first-order chi connectivity index (χ1) is 18.4. The van der Waals surface area contributed by atoms with Crippen molar-refractivity contribution >= 4 is 23.4 Å². The van der Waals surface area contributed by atoms with E-state index in [2.05, 4.69) is 5.32 Å². The molecule has 0 aromatic heterocycles. The fourth-order valence-corrected chi connectivity index (χ4v) is 4.21. The predicted molar refractivity (Wildman–Crippen MR) is 151 cm³/mol. The lowest BCUT2D eigenvalue weighted by Gasteiger charge is -2.32. The molecule has 3 rings (SSSR count). The van der Waals surface area contributed by atoms with Crippen LogP contribution in [0.4, 0.5) is 0 Å². The number of carbonyl (C=O) groups is 2. The van der Waals surface area contributed by atoms with Crippen LogP contribution in [0.1, 0.15) is 37.0 Å². The van der Waals surface area contributed by atoms with Crippen molar-refractivity contribution < 1.29 is 19.1 Å². The van der Waals surface area contributed by atoms with E-state index >= 15 is 0 Å². The van der Waals surface area contributed by atoms with Gasteiger partial charge in [-0.3, -0.25) is 9.59 Å². The summed E-state index contributed by atoms with van der Waals surface area (Å²) in [6, 6.07) is 23.9. The average Bonchev–Trinajstić information content (AvgIpc) is 2.92. The second-order valence-corrected chi connectivity index (χ2v) is 9.88. The van der Waals surface area contributed by atoms with Crippen molar-refractivity contribution in [3.8, 4) is 5.75 Å². The molecule has 0 radical (unpaired) electrons. The van der Waals surface area contributed by atoms with Crippen LogP contribution in [0.25, 0.3) is 0 Å². The maximum Gasteiger partial charge on any atom is 0.243 e. The minimum atomic E-state index is -0.690. The van der Waals surface area contributed by atoms with Gasteiger partial charge in [0, 0.05) is 31.1 Å². The molecule has 0 aliphatic carbocycles. The van der Waals surface area contributed by atoms with E-state index < -0.39 is 6.04 Å². The van der Waals surface area contributed by atoms with Crippen LogP contribution in [0.3, 0.4) is 0 Å². The van der Waals surface area contributed by atoms with Crippen LogP contribution in [-0.2, 0) is 33.7 Å². The molecule has 3 aromatic carbocycles. The molecule has 1 atom stereocenters. The second kappa shape index (κ2) is 15.2. The Kier molecular flexibility index (Phi) is 11.7. The molecule has 0 spiro atoms. The molecule has 38 heavy (non-hydrogen) atoms. The van der Waals surface area contributed by atoms with Gasteiger partial charge in [0.15, 0.2) is 0 Å². The summed E-state index contributed by atoms with van der Waals surface area (Å²) in [5.41, 5.74) is 2.73. The number of benzene rings is 3. The number of methoxy groups -OCH3 is 1. The Hall–Kier alpha value is -3.35. The lowest BCUT2D eigenvalue weighted by Crippen LogP contribution is -2.51. The van der Waals surface area contributed by atoms with Gasteiger partial charge in [-0.05, 0) is 61.2 Å². The predicted octanol–water partition coefficient (Wildman–Crippen LogP) is 5.46. The van der Waals surface area contributed by atoms with Crippen molar-refractivity contribution in [2.24, 2.45) is 0 Å². The molecule has 2 amide bonds. The Morgan fingerprint density at radius 2 is 1.55 bits per heavy atom. The molecular formula is C31H37ClN2O4. The molecular weight excluding hydrogens is 500 g/mol. The van der Waals surface area contributed by atoms with E-state index in [1.54, 1.807) is 24.1 Å². The number of carbonyl (C=O) groups excluding carboxylic acids is 2. The third-order valence-corrected chi connectivity index (χ3v) is 6.38. The Morgan fingerprint density at radius 1 is 0.895 bits per heavy atom. The number of nitrogens with one attached hydrogen (secondary N) is 1. The van der Waals surface area contributed by atoms with E-state index in [0.29, 0.717) is 31.0 Å². The summed E-state index contributed by atoms with van der Waals surface area (Å²) in [6.45, 7) is 5.29. The van der Waals surface area contributed by atoms with Crippen LogP contribution in [0, 0.1) is 0 Å². The van der Waals surface area contributed by atoms with E-state index in [0.717, 1.165) is 22.4 Å². The zero-order chi connectivity index (χ0) is 27.3. The number of ether oxygens (including phenoxy) is 2. The minimum Gasteiger partial charge on any atom is -0.497 e. The highest BCUT2D eigenvalue weighted by Crippen LogP contribution is 2.19. The van der Waals surface area contributed by atoms with Crippen molar-refractivity contribution in [3.05, 3.63) is 101 Å². The summed E-state index contributed by atoms with van der Waals surface area (Å²) >= 11 is 6.05. The Labute approximate surface area is 230 Å². The van der Waals surface area contributed by atoms with Crippen LogP contribution in [-0.4, -0.2) is 49.1 Å². The summed E-state index contributed by atoms with van der Waals surface area (Å²) in [6.07, 6.45) is 1.40. The van der Waals surface area contributed by atoms with Gasteiger partial charge in [-0.1, -0.05) is 66.2 Å². The van der Waals surface area contributed by atoms with Crippen molar-refractivity contribution in [1.82, 2.24) is 10.2 Å². The molecule has 0 fully saturated rings. The number of hydrogen-bond acceptors (Lipinski definition) is 4. The molecule has 0 aliphatic rings. The summed E-state index contributed by atoms with van der Waals surface area (Å²) in [5.74, 6) is 0.411. The fourth-order valence-electron chi connectivity index (χ4n) is 4.08. The number of halogens is 1. The first-order valence-electron chi connectivity index (χ1n) is 13.0. The third kappa shape index (κ3) is 9.51. The molecule has 7 heteroatoms. The van der Waals surface area contributed by atoms with Gasteiger partial charge >= 0.3 is 0 Å². The molecule has 0 saturated carbocycles. The van der Waals surface area contributed by atoms with Crippen LogP contribution >= 0.6 is 11.6 Å². The summed E-state index contributed by atoms with van der Waals surface area (Å²) in [5, 5.41) is 3.65. The first-order valence-corrected chi connectivity index (χ1v) is 13.3. The molecule has 0 bridgehead atoms. The average molecular weight is 537 g/mol. The zero-order valence-corrected chi connectivity index (χ0v) is 23.1. The standard InChI is InChI=1S/C31H37ClN2O4/c1-23(2)38-19-7-18-33-31(36)29(20-24-8-5-4-6-9-24)34(22-26-12-16-28(37-3)17-13-26)30(35)21-25-10-14-27(32)15-11-25/h4-6,8-17,23,29H,7,18-22H2,1-3H3,(H,33,36)/t29-/m0/s1. The maximum absolute atomic E-state index is 13.8. The van der Waals surface area contributed by atoms with E-state index in [1.807, 2.05) is 80.6 Å². The van der Waals surface area contributed by atoms with E-state index in [4.69, 9.17) is 21.1 Å². The summed E-state index contributed by atoms with van der Waals surface area (Å²) in [7, 11) is 1.61. The van der Waals surface area contributed by atoms with Crippen molar-refractivity contribution in [2.45, 2.75) is 51.8 Å². The van der Waals surface area contributed by atoms with E-state index in [9.17, 15) is 9.59 Å². The van der Waals surface area contributed by atoms with Gasteiger partial charge in [0.1, 0.15) is 11.8 Å². The molecule has 6 nitrogen and oxygen atoms in total. The highest BCUT2D eigenvalue weighted by atomic mass is 35.5. The Balaban J connectivity index is 1.87.